The number of ether oxygens (including phenoxy) is 3. The van der Waals surface area contributed by atoms with Crippen LogP contribution in [0.15, 0.2) is 42.5 Å². The minimum Gasteiger partial charge on any atom is -0.497 e. The van der Waals surface area contributed by atoms with E-state index in [1.54, 1.807) is 7.11 Å². The molecule has 3 heterocycles. The van der Waals surface area contributed by atoms with Crippen LogP contribution >= 0.6 is 11.5 Å². The zero-order chi connectivity index (χ0) is 19.1. The highest BCUT2D eigenvalue weighted by Crippen LogP contribution is 2.46. The van der Waals surface area contributed by atoms with Gasteiger partial charge < -0.3 is 19.5 Å². The third kappa shape index (κ3) is 2.88. The summed E-state index contributed by atoms with van der Waals surface area (Å²) < 4.78 is 21.2. The van der Waals surface area contributed by atoms with E-state index in [2.05, 4.69) is 9.69 Å². The standard InChI is InChI=1S/C21H18N2O4S/c1-25-14-5-2-12(3-6-14)19-20-21(28-23-19)15(11-18(24)22-20)13-4-7-16-17(10-13)27-9-8-26-16/h2-7,10,15H,8-9,11H2,1H3,(H,22,24)/t15-/m0/s1. The number of anilines is 1. The van der Waals surface area contributed by atoms with Crippen LogP contribution in [0, 0.1) is 0 Å². The van der Waals surface area contributed by atoms with E-state index in [0.29, 0.717) is 19.6 Å². The van der Waals surface area contributed by atoms with Gasteiger partial charge in [-0.05, 0) is 53.5 Å². The SMILES string of the molecule is COc1ccc(-c2nsc3c2NC(=O)C[C@H]3c2ccc3c(c2)OCCO3)cc1. The van der Waals surface area contributed by atoms with Gasteiger partial charge in [0.15, 0.2) is 11.5 Å². The quantitative estimate of drug-likeness (QED) is 0.725. The zero-order valence-corrected chi connectivity index (χ0v) is 16.0. The van der Waals surface area contributed by atoms with Crippen LogP contribution in [0.25, 0.3) is 11.3 Å². The molecule has 1 aromatic heterocycles. The molecule has 6 nitrogen and oxygen atoms in total. The van der Waals surface area contributed by atoms with Crippen molar-refractivity contribution < 1.29 is 19.0 Å². The van der Waals surface area contributed by atoms with Gasteiger partial charge in [0.05, 0.1) is 17.7 Å². The van der Waals surface area contributed by atoms with Crippen molar-refractivity contribution in [3.8, 4) is 28.5 Å². The predicted octanol–water partition coefficient (Wildman–Crippen LogP) is 4.06. The maximum Gasteiger partial charge on any atom is 0.225 e. The molecule has 2 aromatic carbocycles. The monoisotopic (exact) mass is 394 g/mol. The van der Waals surface area contributed by atoms with Crippen molar-refractivity contribution in [2.75, 3.05) is 25.6 Å². The molecule has 1 N–H and O–H groups in total. The van der Waals surface area contributed by atoms with E-state index in [4.69, 9.17) is 14.2 Å². The summed E-state index contributed by atoms with van der Waals surface area (Å²) in [6.07, 6.45) is 0.386. The van der Waals surface area contributed by atoms with Gasteiger partial charge in [0.25, 0.3) is 0 Å². The molecule has 0 spiro atoms. The Kier molecular flexibility index (Phi) is 4.16. The second kappa shape index (κ2) is 6.83. The maximum atomic E-state index is 12.5. The van der Waals surface area contributed by atoms with Gasteiger partial charge in [-0.3, -0.25) is 4.79 Å². The molecular weight excluding hydrogens is 376 g/mol. The zero-order valence-electron chi connectivity index (χ0n) is 15.2. The maximum absolute atomic E-state index is 12.5. The van der Waals surface area contributed by atoms with E-state index in [0.717, 1.165) is 44.6 Å². The lowest BCUT2D eigenvalue weighted by Gasteiger charge is -2.25. The number of amides is 1. The van der Waals surface area contributed by atoms with Crippen molar-refractivity contribution in [2.45, 2.75) is 12.3 Å². The lowest BCUT2D eigenvalue weighted by Crippen LogP contribution is -2.23. The molecular formula is C21H18N2O4S. The van der Waals surface area contributed by atoms with Gasteiger partial charge in [-0.15, -0.1) is 0 Å². The van der Waals surface area contributed by atoms with Crippen LogP contribution < -0.4 is 19.5 Å². The number of carbonyl (C=O) groups excluding carboxylic acids is 1. The Hall–Kier alpha value is -3.06. The molecule has 2 aliphatic heterocycles. The fraction of sp³-hybridized carbons (Fsp3) is 0.238. The molecule has 0 radical (unpaired) electrons. The van der Waals surface area contributed by atoms with Crippen LogP contribution in [0.1, 0.15) is 22.8 Å². The summed E-state index contributed by atoms with van der Waals surface area (Å²) in [7, 11) is 1.64. The van der Waals surface area contributed by atoms with Crippen molar-refractivity contribution in [3.63, 3.8) is 0 Å². The Morgan fingerprint density at radius 1 is 1.11 bits per heavy atom. The van der Waals surface area contributed by atoms with Crippen molar-refractivity contribution in [1.29, 1.82) is 0 Å². The molecule has 142 valence electrons. The number of aromatic nitrogens is 1. The van der Waals surface area contributed by atoms with E-state index in [9.17, 15) is 4.79 Å². The van der Waals surface area contributed by atoms with Crippen molar-refractivity contribution >= 4 is 23.1 Å². The van der Waals surface area contributed by atoms with Crippen molar-refractivity contribution in [2.24, 2.45) is 0 Å². The van der Waals surface area contributed by atoms with Gasteiger partial charge in [-0.2, -0.15) is 4.37 Å². The molecule has 0 saturated heterocycles. The Bertz CT molecular complexity index is 1050. The number of benzene rings is 2. The summed E-state index contributed by atoms with van der Waals surface area (Å²) in [4.78, 5) is 13.5. The van der Waals surface area contributed by atoms with Gasteiger partial charge in [-0.25, -0.2) is 0 Å². The normalized spacial score (nSPS) is 17.6. The lowest BCUT2D eigenvalue weighted by atomic mass is 9.89. The van der Waals surface area contributed by atoms with Gasteiger partial charge in [0.2, 0.25) is 5.91 Å². The van der Waals surface area contributed by atoms with E-state index >= 15 is 0 Å². The summed E-state index contributed by atoms with van der Waals surface area (Å²) in [5, 5.41) is 3.02. The molecule has 28 heavy (non-hydrogen) atoms. The Morgan fingerprint density at radius 3 is 2.68 bits per heavy atom. The topological polar surface area (TPSA) is 69.7 Å². The number of nitrogens with one attached hydrogen (secondary N) is 1. The fourth-order valence-electron chi connectivity index (χ4n) is 3.62. The molecule has 2 aliphatic rings. The minimum atomic E-state index is -0.0518. The average Bonchev–Trinajstić information content (AvgIpc) is 3.16. The summed E-state index contributed by atoms with van der Waals surface area (Å²) in [5.74, 6) is 2.20. The Morgan fingerprint density at radius 2 is 1.89 bits per heavy atom. The highest BCUT2D eigenvalue weighted by atomic mass is 32.1. The van der Waals surface area contributed by atoms with E-state index < -0.39 is 0 Å². The number of nitrogens with zero attached hydrogens (tertiary/aromatic N) is 1. The van der Waals surface area contributed by atoms with Gasteiger partial charge in [-0.1, -0.05) is 6.07 Å². The third-order valence-corrected chi connectivity index (χ3v) is 5.98. The molecule has 7 heteroatoms. The number of hydrogen-bond acceptors (Lipinski definition) is 6. The van der Waals surface area contributed by atoms with Gasteiger partial charge in [0, 0.05) is 17.9 Å². The number of rotatable bonds is 3. The number of hydrogen-bond donors (Lipinski definition) is 1. The third-order valence-electron chi connectivity index (χ3n) is 5.02. The Balaban J connectivity index is 1.55. The van der Waals surface area contributed by atoms with Crippen LogP contribution in [0.4, 0.5) is 5.69 Å². The minimum absolute atomic E-state index is 0.0117. The highest BCUT2D eigenvalue weighted by Gasteiger charge is 2.32. The first kappa shape index (κ1) is 17.1. The highest BCUT2D eigenvalue weighted by molar-refractivity contribution is 7.07. The molecule has 3 aromatic rings. The molecule has 0 fully saturated rings. The number of fused-ring (bicyclic) bond motifs is 2. The van der Waals surface area contributed by atoms with Crippen molar-refractivity contribution in [3.05, 3.63) is 52.9 Å². The van der Waals surface area contributed by atoms with E-state index in [-0.39, 0.29) is 11.8 Å². The average molecular weight is 394 g/mol. The first-order chi connectivity index (χ1) is 13.7. The largest absolute Gasteiger partial charge is 0.497 e. The summed E-state index contributed by atoms with van der Waals surface area (Å²) in [6, 6.07) is 13.6. The first-order valence-electron chi connectivity index (χ1n) is 9.06. The van der Waals surface area contributed by atoms with Crippen LogP contribution in [0.2, 0.25) is 0 Å². The van der Waals surface area contributed by atoms with Gasteiger partial charge in [0.1, 0.15) is 24.7 Å². The lowest BCUT2D eigenvalue weighted by molar-refractivity contribution is -0.116. The van der Waals surface area contributed by atoms with Crippen molar-refractivity contribution in [1.82, 2.24) is 4.37 Å². The van der Waals surface area contributed by atoms with E-state index in [1.165, 1.54) is 11.5 Å². The van der Waals surface area contributed by atoms with E-state index in [1.807, 2.05) is 42.5 Å². The predicted molar refractivity (Wildman–Crippen MR) is 107 cm³/mol. The summed E-state index contributed by atoms with van der Waals surface area (Å²) >= 11 is 1.43. The molecule has 1 atom stereocenters. The smallest absolute Gasteiger partial charge is 0.225 e. The summed E-state index contributed by atoms with van der Waals surface area (Å²) in [6.45, 7) is 1.09. The van der Waals surface area contributed by atoms with Crippen LogP contribution in [0.3, 0.4) is 0 Å². The second-order valence-corrected chi connectivity index (χ2v) is 7.51. The second-order valence-electron chi connectivity index (χ2n) is 6.71. The summed E-state index contributed by atoms with van der Waals surface area (Å²) in [5.41, 5.74) is 3.57. The molecule has 0 saturated carbocycles. The van der Waals surface area contributed by atoms with Crippen LogP contribution in [0.5, 0.6) is 17.2 Å². The van der Waals surface area contributed by atoms with Gasteiger partial charge >= 0.3 is 0 Å². The fourth-order valence-corrected chi connectivity index (χ4v) is 4.59. The molecule has 0 aliphatic carbocycles. The van der Waals surface area contributed by atoms with Crippen LogP contribution in [-0.4, -0.2) is 30.6 Å². The molecule has 1 amide bonds. The first-order valence-corrected chi connectivity index (χ1v) is 9.83. The molecule has 0 unspecified atom stereocenters. The molecule has 0 bridgehead atoms. The number of carbonyl (C=O) groups is 1. The number of methoxy groups -OCH3 is 1. The molecule has 5 rings (SSSR count). The van der Waals surface area contributed by atoms with Crippen LogP contribution in [-0.2, 0) is 4.79 Å². The Labute approximate surface area is 166 Å².